The zero-order valence-electron chi connectivity index (χ0n) is 14.3. The van der Waals surface area contributed by atoms with Crippen LogP contribution in [0, 0.1) is 6.92 Å². The summed E-state index contributed by atoms with van der Waals surface area (Å²) in [6, 6.07) is 11.4. The fourth-order valence-corrected chi connectivity index (χ4v) is 3.78. The van der Waals surface area contributed by atoms with Gasteiger partial charge < -0.3 is 16.0 Å². The average Bonchev–Trinajstić information content (AvgIpc) is 3.08. The molecule has 5 nitrogen and oxygen atoms in total. The summed E-state index contributed by atoms with van der Waals surface area (Å²) in [6.45, 7) is 3.78. The van der Waals surface area contributed by atoms with Gasteiger partial charge in [0.15, 0.2) is 0 Å². The minimum absolute atomic E-state index is 0.0137. The van der Waals surface area contributed by atoms with Crippen molar-refractivity contribution in [3.8, 4) is 0 Å². The highest BCUT2D eigenvalue weighted by Crippen LogP contribution is 2.18. The van der Waals surface area contributed by atoms with E-state index < -0.39 is 0 Å². The van der Waals surface area contributed by atoms with E-state index >= 15 is 0 Å². The first-order chi connectivity index (χ1) is 12.1. The standard InChI is InChI=1S/C19H23N3O2S/c1-13-2-7-17(25-13)18(23)21-16-8-10-22(11-9-16)19(24)15-5-3-14(12-20)4-6-15/h2-7,16H,8-12,20H2,1H3,(H,21,23). The minimum Gasteiger partial charge on any atom is -0.348 e. The lowest BCUT2D eigenvalue weighted by Gasteiger charge is -2.32. The number of likely N-dealkylation sites (tertiary alicyclic amines) is 1. The van der Waals surface area contributed by atoms with E-state index in [4.69, 9.17) is 5.73 Å². The van der Waals surface area contributed by atoms with Gasteiger partial charge in [0, 0.05) is 36.1 Å². The van der Waals surface area contributed by atoms with E-state index in [1.54, 1.807) is 0 Å². The number of aryl methyl sites for hydroxylation is 1. The van der Waals surface area contributed by atoms with Crippen LogP contribution < -0.4 is 11.1 Å². The molecule has 1 aliphatic heterocycles. The molecule has 0 unspecified atom stereocenters. The van der Waals surface area contributed by atoms with Crippen LogP contribution in [0.2, 0.25) is 0 Å². The Balaban J connectivity index is 1.52. The molecule has 0 atom stereocenters. The number of nitrogens with one attached hydrogen (secondary N) is 1. The van der Waals surface area contributed by atoms with Gasteiger partial charge in [0.25, 0.3) is 11.8 Å². The average molecular weight is 357 g/mol. The summed E-state index contributed by atoms with van der Waals surface area (Å²) in [5.41, 5.74) is 7.29. The summed E-state index contributed by atoms with van der Waals surface area (Å²) in [4.78, 5) is 28.5. The second-order valence-corrected chi connectivity index (χ2v) is 7.64. The molecule has 0 aliphatic carbocycles. The van der Waals surface area contributed by atoms with Crippen LogP contribution in [0.3, 0.4) is 0 Å². The number of nitrogens with two attached hydrogens (primary N) is 1. The molecule has 3 N–H and O–H groups in total. The largest absolute Gasteiger partial charge is 0.348 e. The third-order valence-corrected chi connectivity index (χ3v) is 5.52. The molecular formula is C19H23N3O2S. The summed E-state index contributed by atoms with van der Waals surface area (Å²) in [5, 5.41) is 3.08. The quantitative estimate of drug-likeness (QED) is 0.883. The maximum atomic E-state index is 12.6. The molecule has 1 saturated heterocycles. The highest BCUT2D eigenvalue weighted by molar-refractivity contribution is 7.13. The lowest BCUT2D eigenvalue weighted by Crippen LogP contribution is -2.46. The number of thiophene rings is 1. The molecule has 2 aromatic rings. The van der Waals surface area contributed by atoms with Crippen molar-refractivity contribution in [3.05, 3.63) is 57.3 Å². The SMILES string of the molecule is Cc1ccc(C(=O)NC2CCN(C(=O)c3ccc(CN)cc3)CC2)s1. The molecule has 2 heterocycles. The van der Waals surface area contributed by atoms with Gasteiger partial charge in [-0.15, -0.1) is 11.3 Å². The van der Waals surface area contributed by atoms with Gasteiger partial charge in [0.1, 0.15) is 0 Å². The zero-order valence-corrected chi connectivity index (χ0v) is 15.1. The van der Waals surface area contributed by atoms with Crippen molar-refractivity contribution >= 4 is 23.2 Å². The van der Waals surface area contributed by atoms with Gasteiger partial charge in [-0.1, -0.05) is 12.1 Å². The summed E-state index contributed by atoms with van der Waals surface area (Å²) in [7, 11) is 0. The first-order valence-corrected chi connectivity index (χ1v) is 9.34. The Morgan fingerprint density at radius 3 is 2.40 bits per heavy atom. The van der Waals surface area contributed by atoms with Gasteiger partial charge in [-0.25, -0.2) is 0 Å². The normalized spacial score (nSPS) is 15.2. The van der Waals surface area contributed by atoms with Crippen LogP contribution in [-0.2, 0) is 6.54 Å². The highest BCUT2D eigenvalue weighted by atomic mass is 32.1. The summed E-state index contributed by atoms with van der Waals surface area (Å²) < 4.78 is 0. The van der Waals surface area contributed by atoms with Crippen LogP contribution in [0.25, 0.3) is 0 Å². The number of carbonyl (C=O) groups is 2. The van der Waals surface area contributed by atoms with Crippen LogP contribution in [0.15, 0.2) is 36.4 Å². The topological polar surface area (TPSA) is 75.4 Å². The van der Waals surface area contributed by atoms with Crippen LogP contribution >= 0.6 is 11.3 Å². The van der Waals surface area contributed by atoms with Gasteiger partial charge in [-0.05, 0) is 49.6 Å². The second kappa shape index (κ2) is 7.80. The summed E-state index contributed by atoms with van der Waals surface area (Å²) >= 11 is 1.50. The van der Waals surface area contributed by atoms with Crippen molar-refractivity contribution in [2.24, 2.45) is 5.73 Å². The highest BCUT2D eigenvalue weighted by Gasteiger charge is 2.25. The van der Waals surface area contributed by atoms with E-state index in [2.05, 4.69) is 5.32 Å². The second-order valence-electron chi connectivity index (χ2n) is 6.35. The molecule has 2 amide bonds. The van der Waals surface area contributed by atoms with Crippen LogP contribution in [0.4, 0.5) is 0 Å². The molecule has 132 valence electrons. The van der Waals surface area contributed by atoms with E-state index in [9.17, 15) is 9.59 Å². The maximum Gasteiger partial charge on any atom is 0.261 e. The first kappa shape index (κ1) is 17.6. The predicted molar refractivity (Wildman–Crippen MR) is 99.8 cm³/mol. The number of hydrogen-bond donors (Lipinski definition) is 2. The molecule has 0 spiro atoms. The summed E-state index contributed by atoms with van der Waals surface area (Å²) in [6.07, 6.45) is 1.56. The van der Waals surface area contributed by atoms with Gasteiger partial charge in [-0.2, -0.15) is 0 Å². The van der Waals surface area contributed by atoms with Crippen molar-refractivity contribution in [3.63, 3.8) is 0 Å². The van der Waals surface area contributed by atoms with E-state index in [-0.39, 0.29) is 17.9 Å². The zero-order chi connectivity index (χ0) is 17.8. The Hall–Kier alpha value is -2.18. The third kappa shape index (κ3) is 4.27. The number of piperidine rings is 1. The van der Waals surface area contributed by atoms with Crippen LogP contribution in [0.5, 0.6) is 0 Å². The molecule has 0 saturated carbocycles. The van der Waals surface area contributed by atoms with E-state index in [0.29, 0.717) is 25.2 Å². The van der Waals surface area contributed by atoms with E-state index in [0.717, 1.165) is 28.2 Å². The smallest absolute Gasteiger partial charge is 0.261 e. The van der Waals surface area contributed by atoms with Crippen molar-refractivity contribution in [2.45, 2.75) is 32.4 Å². The van der Waals surface area contributed by atoms with Crippen molar-refractivity contribution in [2.75, 3.05) is 13.1 Å². The van der Waals surface area contributed by atoms with Crippen molar-refractivity contribution in [1.82, 2.24) is 10.2 Å². The van der Waals surface area contributed by atoms with Gasteiger partial charge in [-0.3, -0.25) is 9.59 Å². The Morgan fingerprint density at radius 2 is 1.84 bits per heavy atom. The van der Waals surface area contributed by atoms with Gasteiger partial charge in [0.05, 0.1) is 4.88 Å². The van der Waals surface area contributed by atoms with E-state index in [1.807, 2.05) is 48.2 Å². The molecule has 1 aromatic heterocycles. The molecule has 25 heavy (non-hydrogen) atoms. The fourth-order valence-electron chi connectivity index (χ4n) is 3.01. The van der Waals surface area contributed by atoms with Crippen molar-refractivity contribution in [1.29, 1.82) is 0 Å². The van der Waals surface area contributed by atoms with Crippen LogP contribution in [-0.4, -0.2) is 35.8 Å². The Kier molecular flexibility index (Phi) is 5.50. The molecule has 1 aromatic carbocycles. The van der Waals surface area contributed by atoms with Gasteiger partial charge in [0.2, 0.25) is 0 Å². The first-order valence-electron chi connectivity index (χ1n) is 8.52. The molecule has 0 bridgehead atoms. The molecular weight excluding hydrogens is 334 g/mol. The van der Waals surface area contributed by atoms with Crippen LogP contribution in [0.1, 0.15) is 43.3 Å². The molecule has 1 aliphatic rings. The molecule has 6 heteroatoms. The molecule has 0 radical (unpaired) electrons. The third-order valence-electron chi connectivity index (χ3n) is 4.52. The Labute approximate surface area is 151 Å². The number of benzene rings is 1. The Bertz CT molecular complexity index is 746. The summed E-state index contributed by atoms with van der Waals surface area (Å²) in [5.74, 6) is 0.0301. The number of carbonyl (C=O) groups excluding carboxylic acids is 2. The lowest BCUT2D eigenvalue weighted by atomic mass is 10.0. The molecule has 1 fully saturated rings. The molecule has 3 rings (SSSR count). The number of hydrogen-bond acceptors (Lipinski definition) is 4. The van der Waals surface area contributed by atoms with E-state index in [1.165, 1.54) is 11.3 Å². The number of nitrogens with zero attached hydrogens (tertiary/aromatic N) is 1. The van der Waals surface area contributed by atoms with Gasteiger partial charge >= 0.3 is 0 Å². The van der Waals surface area contributed by atoms with Crippen molar-refractivity contribution < 1.29 is 9.59 Å². The maximum absolute atomic E-state index is 12.6. The number of amides is 2. The lowest BCUT2D eigenvalue weighted by molar-refractivity contribution is 0.0698. The number of rotatable bonds is 4. The minimum atomic E-state index is -0.0137. The monoisotopic (exact) mass is 357 g/mol. The predicted octanol–water partition coefficient (Wildman–Crippen LogP) is 2.55. The fraction of sp³-hybridized carbons (Fsp3) is 0.368. The Morgan fingerprint density at radius 1 is 1.16 bits per heavy atom.